The minimum absolute atomic E-state index is 0.433. The first-order valence-corrected chi connectivity index (χ1v) is 5.33. The van der Waals surface area contributed by atoms with Crippen LogP contribution in [-0.2, 0) is 6.42 Å². The number of halogens is 1. The van der Waals surface area contributed by atoms with E-state index in [0.29, 0.717) is 17.3 Å². The molecule has 1 aromatic carbocycles. The monoisotopic (exact) mass is 234 g/mol. The molecular weight excluding hydrogens is 224 g/mol. The zero-order chi connectivity index (χ0) is 11.4. The van der Waals surface area contributed by atoms with Crippen LogP contribution in [0.1, 0.15) is 17.5 Å². The number of aliphatic hydroxyl groups excluding tert-OH is 1. The summed E-state index contributed by atoms with van der Waals surface area (Å²) in [6, 6.07) is 9.12. The third-order valence-electron chi connectivity index (χ3n) is 2.20. The van der Waals surface area contributed by atoms with Crippen LogP contribution in [0.15, 0.2) is 42.7 Å². The zero-order valence-corrected chi connectivity index (χ0v) is 9.30. The van der Waals surface area contributed by atoms with Crippen LogP contribution in [0.25, 0.3) is 0 Å². The lowest BCUT2D eigenvalue weighted by molar-refractivity contribution is 0.168. The van der Waals surface area contributed by atoms with Crippen LogP contribution in [0.4, 0.5) is 0 Å². The van der Waals surface area contributed by atoms with Crippen molar-refractivity contribution in [3.63, 3.8) is 0 Å². The van der Waals surface area contributed by atoms with Crippen molar-refractivity contribution < 1.29 is 5.11 Å². The van der Waals surface area contributed by atoms with E-state index in [2.05, 4.69) is 9.97 Å². The first-order chi connectivity index (χ1) is 7.75. The van der Waals surface area contributed by atoms with Crippen LogP contribution < -0.4 is 0 Å². The molecule has 82 valence electrons. The average Bonchev–Trinajstić information content (AvgIpc) is 2.30. The molecule has 2 aromatic rings. The fourth-order valence-corrected chi connectivity index (χ4v) is 1.67. The van der Waals surface area contributed by atoms with Crippen molar-refractivity contribution in [1.82, 2.24) is 9.97 Å². The first-order valence-electron chi connectivity index (χ1n) is 4.95. The van der Waals surface area contributed by atoms with Crippen LogP contribution in [0.2, 0.25) is 5.02 Å². The standard InChI is InChI=1S/C12H11ClN2O/c13-10-4-1-3-9(7-10)8-11(16)12-14-5-2-6-15-12/h1-7,11,16H,8H2. The molecule has 0 radical (unpaired) electrons. The molecule has 0 aliphatic carbocycles. The number of aromatic nitrogens is 2. The van der Waals surface area contributed by atoms with Crippen molar-refractivity contribution in [2.45, 2.75) is 12.5 Å². The van der Waals surface area contributed by atoms with E-state index < -0.39 is 6.10 Å². The molecule has 0 amide bonds. The summed E-state index contributed by atoms with van der Waals surface area (Å²) in [5.41, 5.74) is 0.965. The second kappa shape index (κ2) is 5.05. The van der Waals surface area contributed by atoms with Gasteiger partial charge in [0.2, 0.25) is 0 Å². The predicted molar refractivity (Wildman–Crippen MR) is 62.1 cm³/mol. The third-order valence-corrected chi connectivity index (χ3v) is 2.44. The number of hydrogen-bond donors (Lipinski definition) is 1. The van der Waals surface area contributed by atoms with Crippen LogP contribution in [-0.4, -0.2) is 15.1 Å². The van der Waals surface area contributed by atoms with E-state index in [1.807, 2.05) is 18.2 Å². The SMILES string of the molecule is OC(Cc1cccc(Cl)c1)c1ncccn1. The highest BCUT2D eigenvalue weighted by atomic mass is 35.5. The van der Waals surface area contributed by atoms with E-state index in [1.165, 1.54) is 0 Å². The maximum atomic E-state index is 9.90. The molecule has 16 heavy (non-hydrogen) atoms. The van der Waals surface area contributed by atoms with E-state index in [-0.39, 0.29) is 0 Å². The molecule has 0 aliphatic rings. The Morgan fingerprint density at radius 2 is 1.94 bits per heavy atom. The van der Waals surface area contributed by atoms with Gasteiger partial charge in [-0.3, -0.25) is 0 Å². The van der Waals surface area contributed by atoms with Crippen molar-refractivity contribution in [1.29, 1.82) is 0 Å². The summed E-state index contributed by atoms with van der Waals surface area (Å²) in [6.07, 6.45) is 3.00. The zero-order valence-electron chi connectivity index (χ0n) is 8.55. The summed E-state index contributed by atoms with van der Waals surface area (Å²) in [7, 11) is 0. The molecule has 1 atom stereocenters. The van der Waals surface area contributed by atoms with Crippen molar-refractivity contribution >= 4 is 11.6 Å². The Balaban J connectivity index is 2.11. The Morgan fingerprint density at radius 1 is 1.19 bits per heavy atom. The maximum absolute atomic E-state index is 9.90. The molecule has 0 spiro atoms. The summed E-state index contributed by atoms with van der Waals surface area (Å²) in [5.74, 6) is 0.433. The highest BCUT2D eigenvalue weighted by molar-refractivity contribution is 6.30. The molecule has 0 fully saturated rings. The van der Waals surface area contributed by atoms with Gasteiger partial charge in [-0.15, -0.1) is 0 Å². The Kier molecular flexibility index (Phi) is 3.49. The minimum atomic E-state index is -0.695. The van der Waals surface area contributed by atoms with Crippen molar-refractivity contribution in [2.24, 2.45) is 0 Å². The summed E-state index contributed by atoms with van der Waals surface area (Å²) in [4.78, 5) is 8.01. The fourth-order valence-electron chi connectivity index (χ4n) is 1.46. The lowest BCUT2D eigenvalue weighted by atomic mass is 10.1. The number of hydrogen-bond acceptors (Lipinski definition) is 3. The molecule has 2 rings (SSSR count). The Labute approximate surface area is 98.8 Å². The van der Waals surface area contributed by atoms with Gasteiger partial charge < -0.3 is 5.11 Å². The average molecular weight is 235 g/mol. The van der Waals surface area contributed by atoms with E-state index in [1.54, 1.807) is 24.5 Å². The van der Waals surface area contributed by atoms with E-state index in [0.717, 1.165) is 5.56 Å². The molecule has 0 aliphatic heterocycles. The van der Waals surface area contributed by atoms with Gasteiger partial charge in [0, 0.05) is 23.8 Å². The second-order valence-corrected chi connectivity index (χ2v) is 3.89. The summed E-state index contributed by atoms with van der Waals surface area (Å²) >= 11 is 5.86. The van der Waals surface area contributed by atoms with Gasteiger partial charge in [0.1, 0.15) is 6.10 Å². The first kappa shape index (κ1) is 11.0. The molecule has 0 bridgehead atoms. The fraction of sp³-hybridized carbons (Fsp3) is 0.167. The molecule has 1 aromatic heterocycles. The van der Waals surface area contributed by atoms with Gasteiger partial charge in [-0.2, -0.15) is 0 Å². The summed E-state index contributed by atoms with van der Waals surface area (Å²) in [6.45, 7) is 0. The Bertz CT molecular complexity index is 462. The molecule has 3 nitrogen and oxygen atoms in total. The topological polar surface area (TPSA) is 46.0 Å². The lowest BCUT2D eigenvalue weighted by Crippen LogP contribution is -2.06. The van der Waals surface area contributed by atoms with E-state index >= 15 is 0 Å². The number of benzene rings is 1. The van der Waals surface area contributed by atoms with Gasteiger partial charge >= 0.3 is 0 Å². The van der Waals surface area contributed by atoms with Crippen LogP contribution in [0.5, 0.6) is 0 Å². The Hall–Kier alpha value is -1.45. The number of aliphatic hydroxyl groups is 1. The highest BCUT2D eigenvalue weighted by Gasteiger charge is 2.10. The molecular formula is C12H11ClN2O. The minimum Gasteiger partial charge on any atom is -0.385 e. The molecule has 4 heteroatoms. The van der Waals surface area contributed by atoms with Gasteiger partial charge in [0.25, 0.3) is 0 Å². The van der Waals surface area contributed by atoms with Crippen molar-refractivity contribution in [3.05, 3.63) is 59.1 Å². The van der Waals surface area contributed by atoms with Gasteiger partial charge in [-0.25, -0.2) is 9.97 Å². The van der Waals surface area contributed by atoms with Crippen molar-refractivity contribution in [2.75, 3.05) is 0 Å². The molecule has 1 N–H and O–H groups in total. The maximum Gasteiger partial charge on any atom is 0.157 e. The van der Waals surface area contributed by atoms with Gasteiger partial charge in [-0.1, -0.05) is 23.7 Å². The van der Waals surface area contributed by atoms with Gasteiger partial charge in [-0.05, 0) is 23.8 Å². The largest absolute Gasteiger partial charge is 0.385 e. The highest BCUT2D eigenvalue weighted by Crippen LogP contribution is 2.17. The molecule has 0 saturated carbocycles. The van der Waals surface area contributed by atoms with Crippen LogP contribution >= 0.6 is 11.6 Å². The smallest absolute Gasteiger partial charge is 0.157 e. The quantitative estimate of drug-likeness (QED) is 0.887. The molecule has 1 heterocycles. The third kappa shape index (κ3) is 2.78. The normalized spacial score (nSPS) is 12.4. The Morgan fingerprint density at radius 3 is 2.62 bits per heavy atom. The lowest BCUT2D eigenvalue weighted by Gasteiger charge is -2.08. The van der Waals surface area contributed by atoms with Crippen molar-refractivity contribution in [3.8, 4) is 0 Å². The van der Waals surface area contributed by atoms with Crippen LogP contribution in [0, 0.1) is 0 Å². The van der Waals surface area contributed by atoms with Gasteiger partial charge in [0.15, 0.2) is 5.82 Å². The molecule has 0 saturated heterocycles. The summed E-state index contributed by atoms with van der Waals surface area (Å²) < 4.78 is 0. The molecule has 1 unspecified atom stereocenters. The predicted octanol–water partition coefficient (Wildman–Crippen LogP) is 2.41. The van der Waals surface area contributed by atoms with E-state index in [4.69, 9.17) is 11.6 Å². The number of rotatable bonds is 3. The second-order valence-electron chi connectivity index (χ2n) is 3.46. The van der Waals surface area contributed by atoms with E-state index in [9.17, 15) is 5.11 Å². The summed E-state index contributed by atoms with van der Waals surface area (Å²) in [5, 5.41) is 10.6. The van der Waals surface area contributed by atoms with Gasteiger partial charge in [0.05, 0.1) is 0 Å². The number of nitrogens with zero attached hydrogens (tertiary/aromatic N) is 2. The van der Waals surface area contributed by atoms with Crippen LogP contribution in [0.3, 0.4) is 0 Å².